The number of carbonyl (C=O) groups excluding carboxylic acids is 2. The molecule has 0 saturated carbocycles. The van der Waals surface area contributed by atoms with Crippen LogP contribution < -0.4 is 0 Å². The lowest BCUT2D eigenvalue weighted by molar-refractivity contribution is 0.111. The summed E-state index contributed by atoms with van der Waals surface area (Å²) in [5, 5.41) is 0. The van der Waals surface area contributed by atoms with Crippen molar-refractivity contribution in [3.05, 3.63) is 70.4 Å². The quantitative estimate of drug-likeness (QED) is 0.235. The Balaban J connectivity index is 1.40. The fourth-order valence-corrected chi connectivity index (χ4v) is 7.93. The highest BCUT2D eigenvalue weighted by Gasteiger charge is 2.12. The topological polar surface area (TPSA) is 34.1 Å². The first-order chi connectivity index (χ1) is 14.2. The normalized spacial score (nSPS) is 11.0. The Kier molecular flexibility index (Phi) is 5.15. The lowest BCUT2D eigenvalue weighted by Gasteiger charge is -1.92. The van der Waals surface area contributed by atoms with Crippen LogP contribution in [-0.4, -0.2) is 12.6 Å². The van der Waals surface area contributed by atoms with Gasteiger partial charge in [0.15, 0.2) is 12.6 Å². The highest BCUT2D eigenvalue weighted by atomic mass is 32.1. The molecule has 29 heavy (non-hydrogen) atoms. The maximum atomic E-state index is 10.9. The van der Waals surface area contributed by atoms with E-state index in [0.29, 0.717) is 0 Å². The molecule has 5 aromatic heterocycles. The molecule has 2 nitrogen and oxygen atoms in total. The fourth-order valence-electron chi connectivity index (χ4n) is 2.91. The second kappa shape index (κ2) is 7.93. The van der Waals surface area contributed by atoms with Gasteiger partial charge in [-0.3, -0.25) is 9.59 Å². The van der Waals surface area contributed by atoms with Crippen LogP contribution in [0.5, 0.6) is 0 Å². The van der Waals surface area contributed by atoms with E-state index in [1.165, 1.54) is 51.9 Å². The van der Waals surface area contributed by atoms with Gasteiger partial charge in [0.2, 0.25) is 0 Å². The predicted octanol–water partition coefficient (Wildman–Crippen LogP) is 8.29. The Morgan fingerprint density at radius 3 is 0.862 bits per heavy atom. The van der Waals surface area contributed by atoms with Crippen molar-refractivity contribution in [2.75, 3.05) is 0 Å². The van der Waals surface area contributed by atoms with Gasteiger partial charge in [-0.15, -0.1) is 56.7 Å². The molecule has 0 spiro atoms. The van der Waals surface area contributed by atoms with Gasteiger partial charge in [-0.05, 0) is 60.7 Å². The number of aldehydes is 2. The van der Waals surface area contributed by atoms with E-state index in [1.807, 2.05) is 24.3 Å². The third kappa shape index (κ3) is 3.72. The molecule has 5 rings (SSSR count). The average molecular weight is 469 g/mol. The molecule has 0 aliphatic rings. The Morgan fingerprint density at radius 2 is 0.621 bits per heavy atom. The summed E-state index contributed by atoms with van der Waals surface area (Å²) in [6, 6.07) is 20.7. The Bertz CT molecular complexity index is 1210. The van der Waals surface area contributed by atoms with Crippen molar-refractivity contribution < 1.29 is 9.59 Å². The van der Waals surface area contributed by atoms with E-state index < -0.39 is 0 Å². The van der Waals surface area contributed by atoms with Crippen molar-refractivity contribution >= 4 is 69.3 Å². The molecule has 5 aromatic rings. The molecule has 0 fully saturated rings. The van der Waals surface area contributed by atoms with E-state index in [9.17, 15) is 9.59 Å². The Labute approximate surface area is 187 Å². The smallest absolute Gasteiger partial charge is 0.160 e. The number of rotatable bonds is 6. The molecule has 0 aliphatic carbocycles. The van der Waals surface area contributed by atoms with Gasteiger partial charge in [-0.25, -0.2) is 0 Å². The SMILES string of the molecule is O=Cc1ccc(-c2ccc(-c3ccc(-c4ccc(-c5ccc(C=O)s5)s4)s3)s2)s1. The van der Waals surface area contributed by atoms with Gasteiger partial charge in [-0.1, -0.05) is 0 Å². The van der Waals surface area contributed by atoms with E-state index in [2.05, 4.69) is 36.4 Å². The summed E-state index contributed by atoms with van der Waals surface area (Å²) >= 11 is 8.36. The molecule has 0 atom stereocenters. The molecule has 0 saturated heterocycles. The molecule has 0 bridgehead atoms. The molecule has 5 heterocycles. The predicted molar refractivity (Wildman–Crippen MR) is 128 cm³/mol. The third-order valence-corrected chi connectivity index (χ3v) is 10.3. The van der Waals surface area contributed by atoms with Gasteiger partial charge >= 0.3 is 0 Å². The van der Waals surface area contributed by atoms with E-state index in [0.717, 1.165) is 32.1 Å². The minimum Gasteiger partial charge on any atom is -0.297 e. The molecular formula is C22H12O2S5. The molecule has 0 amide bonds. The fraction of sp³-hybridized carbons (Fsp3) is 0. The van der Waals surface area contributed by atoms with Crippen LogP contribution in [0.4, 0.5) is 0 Å². The van der Waals surface area contributed by atoms with Crippen molar-refractivity contribution in [1.82, 2.24) is 0 Å². The highest BCUT2D eigenvalue weighted by molar-refractivity contribution is 7.29. The summed E-state index contributed by atoms with van der Waals surface area (Å²) in [4.78, 5) is 33.0. The van der Waals surface area contributed by atoms with Crippen molar-refractivity contribution in [3.63, 3.8) is 0 Å². The van der Waals surface area contributed by atoms with Crippen LogP contribution in [0.25, 0.3) is 39.0 Å². The maximum absolute atomic E-state index is 10.9. The minimum absolute atomic E-state index is 0.757. The largest absolute Gasteiger partial charge is 0.297 e. The number of thiophene rings is 5. The van der Waals surface area contributed by atoms with Gasteiger partial charge in [0, 0.05) is 39.0 Å². The minimum atomic E-state index is 0.757. The van der Waals surface area contributed by atoms with Crippen LogP contribution in [0.15, 0.2) is 60.7 Å². The first-order valence-electron chi connectivity index (χ1n) is 8.64. The zero-order chi connectivity index (χ0) is 19.8. The van der Waals surface area contributed by atoms with Crippen molar-refractivity contribution in [3.8, 4) is 39.0 Å². The van der Waals surface area contributed by atoms with Gasteiger partial charge in [0.25, 0.3) is 0 Å². The molecule has 142 valence electrons. The monoisotopic (exact) mass is 468 g/mol. The van der Waals surface area contributed by atoms with E-state index in [-0.39, 0.29) is 0 Å². The number of hydrogen-bond donors (Lipinski definition) is 0. The lowest BCUT2D eigenvalue weighted by atomic mass is 10.3. The zero-order valence-corrected chi connectivity index (χ0v) is 18.9. The molecular weight excluding hydrogens is 457 g/mol. The van der Waals surface area contributed by atoms with Crippen molar-refractivity contribution in [1.29, 1.82) is 0 Å². The molecule has 0 aliphatic heterocycles. The Hall–Kier alpha value is -2.16. The third-order valence-electron chi connectivity index (χ3n) is 4.28. The van der Waals surface area contributed by atoms with Gasteiger partial charge < -0.3 is 0 Å². The zero-order valence-electron chi connectivity index (χ0n) is 14.8. The Morgan fingerprint density at radius 1 is 0.379 bits per heavy atom. The van der Waals surface area contributed by atoms with Crippen LogP contribution >= 0.6 is 56.7 Å². The first-order valence-corrected chi connectivity index (χ1v) is 12.7. The van der Waals surface area contributed by atoms with Crippen LogP contribution in [0.2, 0.25) is 0 Å². The standard InChI is InChI=1S/C22H12O2S5/c23-11-13-1-3-15(25-13)17-5-7-19(27-17)21-9-10-22(29-21)20-8-6-18(28-20)16-4-2-14(12-24)26-16/h1-12H. The molecule has 0 N–H and O–H groups in total. The maximum Gasteiger partial charge on any atom is 0.160 e. The highest BCUT2D eigenvalue weighted by Crippen LogP contribution is 2.44. The van der Waals surface area contributed by atoms with Crippen molar-refractivity contribution in [2.45, 2.75) is 0 Å². The second-order valence-corrected chi connectivity index (χ2v) is 11.6. The van der Waals surface area contributed by atoms with Crippen LogP contribution in [-0.2, 0) is 0 Å². The summed E-state index contributed by atoms with van der Waals surface area (Å²) in [7, 11) is 0. The second-order valence-electron chi connectivity index (χ2n) is 6.13. The molecule has 0 unspecified atom stereocenters. The van der Waals surface area contributed by atoms with E-state index in [4.69, 9.17) is 0 Å². The van der Waals surface area contributed by atoms with Crippen LogP contribution in [0.3, 0.4) is 0 Å². The molecule has 0 radical (unpaired) electrons. The van der Waals surface area contributed by atoms with Gasteiger partial charge in [0.1, 0.15) is 0 Å². The van der Waals surface area contributed by atoms with Gasteiger partial charge in [0.05, 0.1) is 9.75 Å². The summed E-state index contributed by atoms with van der Waals surface area (Å²) < 4.78 is 0. The molecule has 0 aromatic carbocycles. The first kappa shape index (κ1) is 18.8. The lowest BCUT2D eigenvalue weighted by Crippen LogP contribution is -1.62. The number of carbonyl (C=O) groups is 2. The van der Waals surface area contributed by atoms with E-state index >= 15 is 0 Å². The van der Waals surface area contributed by atoms with Gasteiger partial charge in [-0.2, -0.15) is 0 Å². The summed E-state index contributed by atoms with van der Waals surface area (Å²) in [5.74, 6) is 0. The van der Waals surface area contributed by atoms with Crippen LogP contribution in [0.1, 0.15) is 19.3 Å². The van der Waals surface area contributed by atoms with Crippen LogP contribution in [0, 0.1) is 0 Å². The number of hydrogen-bond acceptors (Lipinski definition) is 7. The molecule has 7 heteroatoms. The summed E-state index contributed by atoms with van der Waals surface area (Å²) in [6.45, 7) is 0. The van der Waals surface area contributed by atoms with E-state index in [1.54, 1.807) is 34.0 Å². The summed E-state index contributed by atoms with van der Waals surface area (Å²) in [5.41, 5.74) is 0. The summed E-state index contributed by atoms with van der Waals surface area (Å²) in [6.07, 6.45) is 1.80. The van der Waals surface area contributed by atoms with Crippen molar-refractivity contribution in [2.24, 2.45) is 0 Å². The average Bonchev–Trinajstić information content (AvgIpc) is 3.54.